The maximum Gasteiger partial charge on any atom is 0.253 e. The predicted octanol–water partition coefficient (Wildman–Crippen LogP) is 2.92. The van der Waals surface area contributed by atoms with Crippen LogP contribution < -0.4 is 10.6 Å². The summed E-state index contributed by atoms with van der Waals surface area (Å²) in [6.07, 6.45) is 3.27. The summed E-state index contributed by atoms with van der Waals surface area (Å²) < 4.78 is 0. The average molecular weight is 354 g/mol. The molecule has 1 aliphatic rings. The van der Waals surface area contributed by atoms with E-state index in [4.69, 9.17) is 28.5 Å². The van der Waals surface area contributed by atoms with Gasteiger partial charge in [-0.3, -0.25) is 9.59 Å². The van der Waals surface area contributed by atoms with E-state index in [0.717, 1.165) is 12.8 Å². The third kappa shape index (κ3) is 4.60. The molecule has 2 atom stereocenters. The molecule has 5 nitrogen and oxygen atoms in total. The summed E-state index contributed by atoms with van der Waals surface area (Å²) in [5.74, 6) is -0.879. The molecule has 0 bridgehead atoms. The van der Waals surface area contributed by atoms with E-state index in [1.165, 1.54) is 6.07 Å². The summed E-state index contributed by atoms with van der Waals surface area (Å²) in [5, 5.41) is 14.8. The topological polar surface area (TPSA) is 82.0 Å². The molecule has 2 amide bonds. The van der Waals surface area contributed by atoms with E-state index in [1.807, 2.05) is 6.07 Å². The molecular formula is C16H17Cl2N3O2. The Morgan fingerprint density at radius 3 is 2.74 bits per heavy atom. The van der Waals surface area contributed by atoms with E-state index in [2.05, 4.69) is 10.6 Å². The highest BCUT2D eigenvalue weighted by atomic mass is 35.5. The van der Waals surface area contributed by atoms with Crippen LogP contribution in [0.25, 0.3) is 0 Å². The number of hydrogen-bond donors (Lipinski definition) is 2. The Balaban J connectivity index is 2.09. The molecule has 1 aromatic rings. The zero-order valence-electron chi connectivity index (χ0n) is 12.4. The van der Waals surface area contributed by atoms with Crippen molar-refractivity contribution in [2.24, 2.45) is 5.92 Å². The van der Waals surface area contributed by atoms with Crippen molar-refractivity contribution in [1.82, 2.24) is 10.6 Å². The van der Waals surface area contributed by atoms with Crippen LogP contribution in [0.3, 0.4) is 0 Å². The summed E-state index contributed by atoms with van der Waals surface area (Å²) in [6, 6.07) is 6.29. The minimum atomic E-state index is -0.345. The van der Waals surface area contributed by atoms with Crippen molar-refractivity contribution in [1.29, 1.82) is 5.26 Å². The van der Waals surface area contributed by atoms with Crippen molar-refractivity contribution in [2.75, 3.05) is 6.54 Å². The Morgan fingerprint density at radius 1 is 1.26 bits per heavy atom. The van der Waals surface area contributed by atoms with E-state index in [9.17, 15) is 9.59 Å². The van der Waals surface area contributed by atoms with Gasteiger partial charge in [0.25, 0.3) is 5.91 Å². The fourth-order valence-electron chi connectivity index (χ4n) is 2.79. The van der Waals surface area contributed by atoms with Crippen LogP contribution in [0.4, 0.5) is 0 Å². The van der Waals surface area contributed by atoms with Gasteiger partial charge in [-0.05, 0) is 31.0 Å². The Kier molecular flexibility index (Phi) is 6.26. The smallest absolute Gasteiger partial charge is 0.253 e. The quantitative estimate of drug-likeness (QED) is 0.816. The van der Waals surface area contributed by atoms with Gasteiger partial charge >= 0.3 is 0 Å². The second-order valence-electron chi connectivity index (χ2n) is 5.47. The van der Waals surface area contributed by atoms with Crippen LogP contribution in [0.5, 0.6) is 0 Å². The number of hydrogen-bond acceptors (Lipinski definition) is 3. The van der Waals surface area contributed by atoms with Gasteiger partial charge in [0.1, 0.15) is 6.54 Å². The van der Waals surface area contributed by atoms with Crippen LogP contribution in [-0.4, -0.2) is 24.4 Å². The number of halogens is 2. The predicted molar refractivity (Wildman–Crippen MR) is 88.3 cm³/mol. The summed E-state index contributed by atoms with van der Waals surface area (Å²) in [5.41, 5.74) is 0.293. The largest absolute Gasteiger partial charge is 0.348 e. The second-order valence-corrected chi connectivity index (χ2v) is 6.31. The molecule has 0 aromatic heterocycles. The number of nitriles is 1. The zero-order valence-corrected chi connectivity index (χ0v) is 14.0. The molecule has 0 saturated heterocycles. The van der Waals surface area contributed by atoms with Gasteiger partial charge in [-0.1, -0.05) is 36.0 Å². The van der Waals surface area contributed by atoms with Gasteiger partial charge in [0, 0.05) is 11.1 Å². The molecule has 23 heavy (non-hydrogen) atoms. The SMILES string of the molecule is N#CCNC(=O)[C@H]1CCCC[C@H]1NC(=O)c1cc(Cl)ccc1Cl. The maximum absolute atomic E-state index is 12.4. The van der Waals surface area contributed by atoms with E-state index >= 15 is 0 Å². The van der Waals surface area contributed by atoms with Gasteiger partial charge in [-0.15, -0.1) is 0 Å². The van der Waals surface area contributed by atoms with Crippen molar-refractivity contribution in [3.8, 4) is 6.07 Å². The number of benzene rings is 1. The third-order valence-electron chi connectivity index (χ3n) is 3.93. The van der Waals surface area contributed by atoms with Crippen LogP contribution in [-0.2, 0) is 4.79 Å². The highest BCUT2D eigenvalue weighted by molar-refractivity contribution is 6.35. The van der Waals surface area contributed by atoms with Gasteiger partial charge in [0.05, 0.1) is 22.6 Å². The Morgan fingerprint density at radius 2 is 2.00 bits per heavy atom. The molecule has 0 spiro atoms. The maximum atomic E-state index is 12.4. The van der Waals surface area contributed by atoms with Crippen molar-refractivity contribution >= 4 is 35.0 Å². The summed E-state index contributed by atoms with van der Waals surface area (Å²) in [7, 11) is 0. The number of amides is 2. The first-order valence-corrected chi connectivity index (χ1v) is 8.19. The monoisotopic (exact) mass is 353 g/mol. The molecule has 122 valence electrons. The first-order chi connectivity index (χ1) is 11.0. The molecule has 2 rings (SSSR count). The molecule has 0 unspecified atom stereocenters. The molecule has 1 aromatic carbocycles. The van der Waals surface area contributed by atoms with E-state index < -0.39 is 0 Å². The van der Waals surface area contributed by atoms with Crippen LogP contribution in [0.15, 0.2) is 18.2 Å². The van der Waals surface area contributed by atoms with E-state index in [-0.39, 0.29) is 30.3 Å². The van der Waals surface area contributed by atoms with Crippen molar-refractivity contribution < 1.29 is 9.59 Å². The number of rotatable bonds is 4. The van der Waals surface area contributed by atoms with Crippen molar-refractivity contribution in [3.63, 3.8) is 0 Å². The lowest BCUT2D eigenvalue weighted by atomic mass is 9.83. The summed E-state index contributed by atoms with van der Waals surface area (Å²) >= 11 is 11.9. The van der Waals surface area contributed by atoms with Gasteiger partial charge in [0.2, 0.25) is 5.91 Å². The van der Waals surface area contributed by atoms with Crippen LogP contribution in [0.2, 0.25) is 10.0 Å². The van der Waals surface area contributed by atoms with Crippen molar-refractivity contribution in [2.45, 2.75) is 31.7 Å². The fraction of sp³-hybridized carbons (Fsp3) is 0.438. The molecule has 0 radical (unpaired) electrons. The first-order valence-electron chi connectivity index (χ1n) is 7.43. The molecule has 1 saturated carbocycles. The van der Waals surface area contributed by atoms with Crippen molar-refractivity contribution in [3.05, 3.63) is 33.8 Å². The molecule has 7 heteroatoms. The molecule has 1 fully saturated rings. The lowest BCUT2D eigenvalue weighted by Crippen LogP contribution is -2.48. The second kappa shape index (κ2) is 8.19. The van der Waals surface area contributed by atoms with Crippen LogP contribution in [0, 0.1) is 17.2 Å². The average Bonchev–Trinajstić information content (AvgIpc) is 2.55. The Labute approximate surface area is 144 Å². The van der Waals surface area contributed by atoms with Gasteiger partial charge in [-0.2, -0.15) is 5.26 Å². The summed E-state index contributed by atoms with van der Waals surface area (Å²) in [4.78, 5) is 24.6. The van der Waals surface area contributed by atoms with Gasteiger partial charge in [0.15, 0.2) is 0 Å². The lowest BCUT2D eigenvalue weighted by Gasteiger charge is -2.31. The molecule has 0 heterocycles. The minimum absolute atomic E-state index is 0.0316. The fourth-order valence-corrected chi connectivity index (χ4v) is 3.17. The van der Waals surface area contributed by atoms with E-state index in [0.29, 0.717) is 28.5 Å². The third-order valence-corrected chi connectivity index (χ3v) is 4.50. The summed E-state index contributed by atoms with van der Waals surface area (Å²) in [6.45, 7) is -0.0316. The highest BCUT2D eigenvalue weighted by Crippen LogP contribution is 2.26. The van der Waals surface area contributed by atoms with Crippen LogP contribution in [0.1, 0.15) is 36.0 Å². The standard InChI is InChI=1S/C16H17Cl2N3O2/c17-10-5-6-13(18)12(9-10)16(23)21-14-4-2-1-3-11(14)15(22)20-8-7-19/h5-6,9,11,14H,1-4,8H2,(H,20,22)(H,21,23)/t11-,14+/m0/s1. The van der Waals surface area contributed by atoms with Gasteiger partial charge in [-0.25, -0.2) is 0 Å². The van der Waals surface area contributed by atoms with Gasteiger partial charge < -0.3 is 10.6 Å². The molecule has 0 aliphatic heterocycles. The molecular weight excluding hydrogens is 337 g/mol. The number of nitrogens with one attached hydrogen (secondary N) is 2. The highest BCUT2D eigenvalue weighted by Gasteiger charge is 2.32. The molecule has 1 aliphatic carbocycles. The minimum Gasteiger partial charge on any atom is -0.348 e. The Hall–Kier alpha value is -1.77. The van der Waals surface area contributed by atoms with E-state index in [1.54, 1.807) is 12.1 Å². The molecule has 2 N–H and O–H groups in total. The first kappa shape index (κ1) is 17.6. The number of carbonyl (C=O) groups is 2. The Bertz CT molecular complexity index is 643. The normalized spacial score (nSPS) is 20.4. The number of carbonyl (C=O) groups excluding carboxylic acids is 2. The zero-order chi connectivity index (χ0) is 16.8. The number of nitrogens with zero attached hydrogens (tertiary/aromatic N) is 1. The van der Waals surface area contributed by atoms with Crippen LogP contribution >= 0.6 is 23.2 Å². The lowest BCUT2D eigenvalue weighted by molar-refractivity contribution is -0.126.